The highest BCUT2D eigenvalue weighted by Gasteiger charge is 2.53. The molecule has 2 heterocycles. The molecule has 0 bridgehead atoms. The van der Waals surface area contributed by atoms with Crippen molar-refractivity contribution in [2.45, 2.75) is 37.0 Å². The summed E-state index contributed by atoms with van der Waals surface area (Å²) in [6.07, 6.45) is 2.11. The van der Waals surface area contributed by atoms with Crippen LogP contribution in [0.4, 0.5) is 14.5 Å². The summed E-state index contributed by atoms with van der Waals surface area (Å²) in [5.41, 5.74) is 1.04. The number of alkyl halides is 1. The number of aromatic nitrogens is 2. The van der Waals surface area contributed by atoms with Crippen LogP contribution in [0.3, 0.4) is 0 Å². The molecule has 3 aromatic carbocycles. The normalized spacial score (nSPS) is 20.3. The van der Waals surface area contributed by atoms with Crippen molar-refractivity contribution >= 4 is 28.4 Å². The smallest absolute Gasteiger partial charge is 0.257 e. The van der Waals surface area contributed by atoms with Gasteiger partial charge in [0.15, 0.2) is 5.67 Å². The number of amides is 2. The Kier molecular flexibility index (Phi) is 5.43. The SMILES string of the molecule is COc1cccc(C2C(NC(=O)C3(F)CC3)CC(=O)N2c2ccc3c(cnn3-c3ccc(F)cc3)c2)c1. The first-order valence-corrected chi connectivity index (χ1v) is 12.1. The Bertz CT molecular complexity index is 1510. The number of methoxy groups -OCH3 is 1. The highest BCUT2D eigenvalue weighted by molar-refractivity contribution is 6.00. The zero-order valence-electron chi connectivity index (χ0n) is 20.0. The molecule has 1 aromatic heterocycles. The molecule has 1 aliphatic heterocycles. The van der Waals surface area contributed by atoms with Gasteiger partial charge in [-0.15, -0.1) is 0 Å². The van der Waals surface area contributed by atoms with Crippen molar-refractivity contribution in [2.75, 3.05) is 12.0 Å². The molecular weight excluding hydrogens is 478 g/mol. The summed E-state index contributed by atoms with van der Waals surface area (Å²) in [7, 11) is 1.56. The lowest BCUT2D eigenvalue weighted by molar-refractivity contribution is -0.128. The number of nitrogens with one attached hydrogen (secondary N) is 1. The number of ether oxygens (including phenoxy) is 1. The van der Waals surface area contributed by atoms with Gasteiger partial charge in [-0.05, 0) is 73.0 Å². The predicted octanol–water partition coefficient (Wildman–Crippen LogP) is 4.64. The molecule has 7 nitrogen and oxygen atoms in total. The minimum Gasteiger partial charge on any atom is -0.497 e. The Labute approximate surface area is 211 Å². The number of benzene rings is 3. The van der Waals surface area contributed by atoms with Gasteiger partial charge in [0, 0.05) is 17.5 Å². The number of carbonyl (C=O) groups excluding carboxylic acids is 2. The first-order valence-electron chi connectivity index (χ1n) is 12.1. The molecule has 1 saturated carbocycles. The van der Waals surface area contributed by atoms with Crippen LogP contribution in [-0.2, 0) is 9.59 Å². The van der Waals surface area contributed by atoms with Crippen molar-refractivity contribution in [3.8, 4) is 11.4 Å². The summed E-state index contributed by atoms with van der Waals surface area (Å²) in [6, 6.07) is 17.7. The average molecular weight is 503 g/mol. The Morgan fingerprint density at radius 2 is 1.84 bits per heavy atom. The topological polar surface area (TPSA) is 76.5 Å². The van der Waals surface area contributed by atoms with Crippen LogP contribution in [0.25, 0.3) is 16.6 Å². The summed E-state index contributed by atoms with van der Waals surface area (Å²) in [4.78, 5) is 27.6. The number of carbonyl (C=O) groups is 2. The van der Waals surface area contributed by atoms with Gasteiger partial charge < -0.3 is 15.0 Å². The molecule has 1 aliphatic carbocycles. The van der Waals surface area contributed by atoms with Crippen LogP contribution >= 0.6 is 0 Å². The number of fused-ring (bicyclic) bond motifs is 1. The zero-order chi connectivity index (χ0) is 25.7. The van der Waals surface area contributed by atoms with Crippen molar-refractivity contribution in [3.05, 3.63) is 84.3 Å². The first-order chi connectivity index (χ1) is 17.9. The molecule has 0 radical (unpaired) electrons. The van der Waals surface area contributed by atoms with E-state index >= 15 is 0 Å². The molecule has 2 aliphatic rings. The lowest BCUT2D eigenvalue weighted by Crippen LogP contribution is -2.44. The number of nitrogens with zero attached hydrogens (tertiary/aromatic N) is 3. The Balaban J connectivity index is 1.39. The van der Waals surface area contributed by atoms with E-state index in [0.717, 1.165) is 16.5 Å². The van der Waals surface area contributed by atoms with E-state index in [4.69, 9.17) is 4.74 Å². The lowest BCUT2D eigenvalue weighted by atomic mass is 9.98. The van der Waals surface area contributed by atoms with Crippen LogP contribution in [-0.4, -0.2) is 40.4 Å². The van der Waals surface area contributed by atoms with Crippen LogP contribution in [0.15, 0.2) is 72.9 Å². The molecule has 2 atom stereocenters. The molecule has 2 amide bonds. The molecule has 6 rings (SSSR count). The van der Waals surface area contributed by atoms with Crippen molar-refractivity contribution in [1.82, 2.24) is 15.1 Å². The van der Waals surface area contributed by atoms with Gasteiger partial charge in [0.1, 0.15) is 11.6 Å². The molecule has 9 heteroatoms. The maximum Gasteiger partial charge on any atom is 0.257 e. The maximum absolute atomic E-state index is 14.5. The Morgan fingerprint density at radius 3 is 2.57 bits per heavy atom. The third-order valence-corrected chi connectivity index (χ3v) is 7.07. The number of anilines is 1. The number of halogens is 2. The van der Waals surface area contributed by atoms with Crippen molar-refractivity contribution in [2.24, 2.45) is 0 Å². The minimum absolute atomic E-state index is 0.0383. The maximum atomic E-state index is 14.5. The third kappa shape index (κ3) is 4.10. The standard InChI is InChI=1S/C28H24F2N4O3/c1-37-22-4-2-3-17(14-22)26-23(32-27(36)28(30)11-12-28)15-25(35)33(26)21-9-10-24-18(13-21)16-31-34(24)20-7-5-19(29)6-8-20/h2-10,13-14,16,23,26H,11-12,15H2,1H3,(H,32,36). The molecule has 2 fully saturated rings. The van der Waals surface area contributed by atoms with E-state index in [2.05, 4.69) is 10.4 Å². The van der Waals surface area contributed by atoms with Gasteiger partial charge in [0.25, 0.3) is 5.91 Å². The van der Waals surface area contributed by atoms with E-state index in [1.54, 1.807) is 41.1 Å². The largest absolute Gasteiger partial charge is 0.497 e. The summed E-state index contributed by atoms with van der Waals surface area (Å²) in [5, 5.41) is 8.03. The second-order valence-electron chi connectivity index (χ2n) is 9.51. The van der Waals surface area contributed by atoms with E-state index in [-0.39, 0.29) is 31.0 Å². The summed E-state index contributed by atoms with van der Waals surface area (Å²) in [6.45, 7) is 0. The first kappa shape index (κ1) is 23.1. The summed E-state index contributed by atoms with van der Waals surface area (Å²) < 4.78 is 35.0. The highest BCUT2D eigenvalue weighted by atomic mass is 19.1. The van der Waals surface area contributed by atoms with E-state index in [9.17, 15) is 18.4 Å². The second-order valence-corrected chi connectivity index (χ2v) is 9.51. The fourth-order valence-electron chi connectivity index (χ4n) is 4.97. The Morgan fingerprint density at radius 1 is 1.08 bits per heavy atom. The predicted molar refractivity (Wildman–Crippen MR) is 134 cm³/mol. The highest BCUT2D eigenvalue weighted by Crippen LogP contribution is 2.43. The van der Waals surface area contributed by atoms with E-state index in [0.29, 0.717) is 17.1 Å². The molecule has 0 spiro atoms. The van der Waals surface area contributed by atoms with Crippen molar-refractivity contribution < 1.29 is 23.1 Å². The summed E-state index contributed by atoms with van der Waals surface area (Å²) in [5.74, 6) is -0.578. The van der Waals surface area contributed by atoms with Crippen LogP contribution < -0.4 is 15.0 Å². The van der Waals surface area contributed by atoms with Crippen LogP contribution in [0.5, 0.6) is 5.75 Å². The van der Waals surface area contributed by atoms with Gasteiger partial charge >= 0.3 is 0 Å². The molecule has 1 saturated heterocycles. The average Bonchev–Trinajstić information content (AvgIpc) is 3.39. The van der Waals surface area contributed by atoms with Crippen molar-refractivity contribution in [3.63, 3.8) is 0 Å². The number of hydrogen-bond donors (Lipinski definition) is 1. The van der Waals surface area contributed by atoms with Gasteiger partial charge in [-0.1, -0.05) is 12.1 Å². The van der Waals surface area contributed by atoms with Crippen molar-refractivity contribution in [1.29, 1.82) is 0 Å². The molecule has 37 heavy (non-hydrogen) atoms. The van der Waals surface area contributed by atoms with Gasteiger partial charge in [0.2, 0.25) is 5.91 Å². The fraction of sp³-hybridized carbons (Fsp3) is 0.250. The van der Waals surface area contributed by atoms with Gasteiger partial charge in [-0.25, -0.2) is 13.5 Å². The number of rotatable bonds is 6. The van der Waals surface area contributed by atoms with E-state index in [1.165, 1.54) is 12.1 Å². The lowest BCUT2D eigenvalue weighted by Gasteiger charge is -2.29. The monoisotopic (exact) mass is 502 g/mol. The van der Waals surface area contributed by atoms with Gasteiger partial charge in [-0.3, -0.25) is 9.59 Å². The molecular formula is C28H24F2N4O3. The third-order valence-electron chi connectivity index (χ3n) is 7.07. The summed E-state index contributed by atoms with van der Waals surface area (Å²) >= 11 is 0. The van der Waals surface area contributed by atoms with E-state index in [1.807, 2.05) is 36.4 Å². The zero-order valence-corrected chi connectivity index (χ0v) is 20.0. The second kappa shape index (κ2) is 8.69. The Hall–Kier alpha value is -4.27. The van der Waals surface area contributed by atoms with Gasteiger partial charge in [0.05, 0.1) is 36.6 Å². The van der Waals surface area contributed by atoms with E-state index < -0.39 is 23.7 Å². The molecule has 188 valence electrons. The van der Waals surface area contributed by atoms with Crippen LogP contribution in [0.2, 0.25) is 0 Å². The van der Waals surface area contributed by atoms with Crippen LogP contribution in [0.1, 0.15) is 30.9 Å². The minimum atomic E-state index is -1.84. The quantitative estimate of drug-likeness (QED) is 0.417. The molecule has 2 unspecified atom stereocenters. The van der Waals surface area contributed by atoms with Crippen LogP contribution in [0, 0.1) is 5.82 Å². The molecule has 1 N–H and O–H groups in total. The number of hydrogen-bond acceptors (Lipinski definition) is 4. The van der Waals surface area contributed by atoms with Gasteiger partial charge in [-0.2, -0.15) is 5.10 Å². The molecule has 4 aromatic rings. The fourth-order valence-corrected chi connectivity index (χ4v) is 4.97.